The van der Waals surface area contributed by atoms with Crippen molar-refractivity contribution in [3.63, 3.8) is 0 Å². The Kier molecular flexibility index (Phi) is 5.69. The fourth-order valence-corrected chi connectivity index (χ4v) is 2.41. The standard InChI is InChI=1S/C14H19N3O3.ClH/c1-16(13(18)9-14(15)7-4-8-14)10-11-5-2-3-6-12(11)17(19)20;/h2-3,5-6H,4,7-10,15H2,1H3;1H. The number of benzene rings is 1. The number of nitro groups is 1. The van der Waals surface area contributed by atoms with E-state index in [2.05, 4.69) is 0 Å². The summed E-state index contributed by atoms with van der Waals surface area (Å²) >= 11 is 0. The van der Waals surface area contributed by atoms with Crippen LogP contribution in [0, 0.1) is 10.1 Å². The average molecular weight is 314 g/mol. The Labute approximate surface area is 129 Å². The van der Waals surface area contributed by atoms with Crippen LogP contribution >= 0.6 is 12.4 Å². The molecule has 1 fully saturated rings. The summed E-state index contributed by atoms with van der Waals surface area (Å²) in [5, 5.41) is 10.9. The second-order valence-electron chi connectivity index (χ2n) is 5.53. The number of halogens is 1. The summed E-state index contributed by atoms with van der Waals surface area (Å²) in [5.74, 6) is -0.0645. The predicted molar refractivity (Wildman–Crippen MR) is 82.2 cm³/mol. The number of hydrogen-bond acceptors (Lipinski definition) is 4. The summed E-state index contributed by atoms with van der Waals surface area (Å²) < 4.78 is 0. The van der Waals surface area contributed by atoms with E-state index < -0.39 is 4.92 Å². The average Bonchev–Trinajstić information content (AvgIpc) is 2.37. The van der Waals surface area contributed by atoms with Gasteiger partial charge < -0.3 is 10.6 Å². The number of carbonyl (C=O) groups excluding carboxylic acids is 1. The number of nitrogens with two attached hydrogens (primary N) is 1. The molecule has 0 unspecified atom stereocenters. The molecule has 0 aromatic heterocycles. The molecule has 2 N–H and O–H groups in total. The van der Waals surface area contributed by atoms with Gasteiger partial charge in [-0.3, -0.25) is 14.9 Å². The first-order valence-electron chi connectivity index (χ1n) is 6.66. The summed E-state index contributed by atoms with van der Waals surface area (Å²) in [5.41, 5.74) is 6.27. The molecule has 0 radical (unpaired) electrons. The van der Waals surface area contributed by atoms with E-state index in [1.54, 1.807) is 25.2 Å². The molecule has 1 aromatic carbocycles. The minimum atomic E-state index is -0.427. The summed E-state index contributed by atoms with van der Waals surface area (Å²) in [4.78, 5) is 24.1. The van der Waals surface area contributed by atoms with Crippen molar-refractivity contribution in [1.82, 2.24) is 4.90 Å². The normalized spacial score (nSPS) is 15.5. The first-order valence-corrected chi connectivity index (χ1v) is 6.66. The van der Waals surface area contributed by atoms with Gasteiger partial charge in [0, 0.05) is 30.6 Å². The third-order valence-electron chi connectivity index (χ3n) is 3.87. The first-order chi connectivity index (χ1) is 9.41. The lowest BCUT2D eigenvalue weighted by atomic mass is 9.75. The smallest absolute Gasteiger partial charge is 0.274 e. The second-order valence-corrected chi connectivity index (χ2v) is 5.53. The van der Waals surface area contributed by atoms with E-state index in [0.29, 0.717) is 12.0 Å². The van der Waals surface area contributed by atoms with Gasteiger partial charge in [-0.05, 0) is 19.3 Å². The van der Waals surface area contributed by atoms with Gasteiger partial charge in [0.1, 0.15) is 0 Å². The zero-order valence-electron chi connectivity index (χ0n) is 11.9. The van der Waals surface area contributed by atoms with Gasteiger partial charge in [0.05, 0.1) is 11.5 Å². The maximum atomic E-state index is 12.1. The molecule has 116 valence electrons. The largest absolute Gasteiger partial charge is 0.341 e. The Hall–Kier alpha value is -1.66. The zero-order chi connectivity index (χ0) is 14.8. The Morgan fingerprint density at radius 1 is 1.43 bits per heavy atom. The molecule has 0 atom stereocenters. The summed E-state index contributed by atoms with van der Waals surface area (Å²) in [7, 11) is 1.65. The number of rotatable bonds is 5. The van der Waals surface area contributed by atoms with Crippen LogP contribution < -0.4 is 5.73 Å². The Bertz CT molecular complexity index is 532. The molecule has 2 rings (SSSR count). The molecule has 6 nitrogen and oxygen atoms in total. The van der Waals surface area contributed by atoms with Crippen LogP contribution in [0.1, 0.15) is 31.2 Å². The van der Waals surface area contributed by atoms with Crippen molar-refractivity contribution in [2.45, 2.75) is 37.8 Å². The van der Waals surface area contributed by atoms with E-state index >= 15 is 0 Å². The minimum absolute atomic E-state index is 0. The highest BCUT2D eigenvalue weighted by atomic mass is 35.5. The van der Waals surface area contributed by atoms with Gasteiger partial charge in [0.2, 0.25) is 5.91 Å². The molecule has 1 aliphatic carbocycles. The van der Waals surface area contributed by atoms with Gasteiger partial charge in [0.25, 0.3) is 5.69 Å². The summed E-state index contributed by atoms with van der Waals surface area (Å²) in [6.07, 6.45) is 3.12. The summed E-state index contributed by atoms with van der Waals surface area (Å²) in [6.45, 7) is 0.228. The highest BCUT2D eigenvalue weighted by molar-refractivity contribution is 5.85. The lowest BCUT2D eigenvalue weighted by molar-refractivity contribution is -0.385. The van der Waals surface area contributed by atoms with E-state index in [1.165, 1.54) is 11.0 Å². The van der Waals surface area contributed by atoms with Gasteiger partial charge >= 0.3 is 0 Å². The van der Waals surface area contributed by atoms with Crippen molar-refractivity contribution in [2.24, 2.45) is 5.73 Å². The van der Waals surface area contributed by atoms with Crippen molar-refractivity contribution in [1.29, 1.82) is 0 Å². The molecule has 1 aliphatic rings. The van der Waals surface area contributed by atoms with Gasteiger partial charge in [0.15, 0.2) is 0 Å². The fourth-order valence-electron chi connectivity index (χ4n) is 2.41. The molecule has 7 heteroatoms. The third kappa shape index (κ3) is 4.15. The monoisotopic (exact) mass is 313 g/mol. The second kappa shape index (κ2) is 6.87. The van der Waals surface area contributed by atoms with E-state index in [4.69, 9.17) is 5.73 Å². The molecule has 1 aromatic rings. The molecule has 21 heavy (non-hydrogen) atoms. The number of carbonyl (C=O) groups is 1. The topological polar surface area (TPSA) is 89.5 Å². The van der Waals surface area contributed by atoms with Crippen molar-refractivity contribution in [2.75, 3.05) is 7.05 Å². The molecular weight excluding hydrogens is 294 g/mol. The molecule has 1 saturated carbocycles. The SMILES string of the molecule is CN(Cc1ccccc1[N+](=O)[O-])C(=O)CC1(N)CCC1.Cl. The van der Waals surface area contributed by atoms with E-state index in [-0.39, 0.29) is 36.1 Å². The molecule has 0 bridgehead atoms. The predicted octanol–water partition coefficient (Wildman–Crippen LogP) is 2.25. The fraction of sp³-hybridized carbons (Fsp3) is 0.500. The van der Waals surface area contributed by atoms with Crippen molar-refractivity contribution >= 4 is 24.0 Å². The maximum absolute atomic E-state index is 12.1. The van der Waals surface area contributed by atoms with Gasteiger partial charge in [-0.25, -0.2) is 0 Å². The van der Waals surface area contributed by atoms with Crippen LogP contribution in [0.5, 0.6) is 0 Å². The lowest BCUT2D eigenvalue weighted by Gasteiger charge is -2.38. The van der Waals surface area contributed by atoms with E-state index in [1.807, 2.05) is 0 Å². The summed E-state index contributed by atoms with van der Waals surface area (Å²) in [6, 6.07) is 6.47. The number of nitrogens with zero attached hydrogens (tertiary/aromatic N) is 2. The maximum Gasteiger partial charge on any atom is 0.274 e. The lowest BCUT2D eigenvalue weighted by Crippen LogP contribution is -2.50. The van der Waals surface area contributed by atoms with Gasteiger partial charge in [-0.1, -0.05) is 18.2 Å². The number of para-hydroxylation sites is 1. The highest BCUT2D eigenvalue weighted by Crippen LogP contribution is 2.32. The Balaban J connectivity index is 0.00000220. The van der Waals surface area contributed by atoms with Gasteiger partial charge in [-0.15, -0.1) is 12.4 Å². The minimum Gasteiger partial charge on any atom is -0.341 e. The van der Waals surface area contributed by atoms with Gasteiger partial charge in [-0.2, -0.15) is 0 Å². The van der Waals surface area contributed by atoms with Crippen molar-refractivity contribution in [3.05, 3.63) is 39.9 Å². The first kappa shape index (κ1) is 17.4. The van der Waals surface area contributed by atoms with Crippen LogP contribution in [0.25, 0.3) is 0 Å². The highest BCUT2D eigenvalue weighted by Gasteiger charge is 2.35. The van der Waals surface area contributed by atoms with Crippen LogP contribution in [0.2, 0.25) is 0 Å². The van der Waals surface area contributed by atoms with Crippen LogP contribution in [0.15, 0.2) is 24.3 Å². The van der Waals surface area contributed by atoms with Crippen LogP contribution in [-0.2, 0) is 11.3 Å². The van der Waals surface area contributed by atoms with Crippen molar-refractivity contribution < 1.29 is 9.72 Å². The Morgan fingerprint density at radius 3 is 2.57 bits per heavy atom. The molecule has 0 saturated heterocycles. The number of hydrogen-bond donors (Lipinski definition) is 1. The van der Waals surface area contributed by atoms with Crippen LogP contribution in [0.4, 0.5) is 5.69 Å². The molecular formula is C14H20ClN3O3. The number of amides is 1. The van der Waals surface area contributed by atoms with Crippen molar-refractivity contribution in [3.8, 4) is 0 Å². The zero-order valence-corrected chi connectivity index (χ0v) is 12.8. The quantitative estimate of drug-likeness (QED) is 0.667. The van der Waals surface area contributed by atoms with Crippen LogP contribution in [0.3, 0.4) is 0 Å². The van der Waals surface area contributed by atoms with Crippen LogP contribution in [-0.4, -0.2) is 28.3 Å². The molecule has 0 heterocycles. The van der Waals surface area contributed by atoms with E-state index in [9.17, 15) is 14.9 Å². The van der Waals surface area contributed by atoms with E-state index in [0.717, 1.165) is 19.3 Å². The third-order valence-corrected chi connectivity index (χ3v) is 3.87. The number of nitro benzene ring substituents is 1. The molecule has 0 spiro atoms. The molecule has 1 amide bonds. The molecule has 0 aliphatic heterocycles. The Morgan fingerprint density at radius 2 is 2.05 bits per heavy atom.